The van der Waals surface area contributed by atoms with Crippen LogP contribution in [0.3, 0.4) is 0 Å². The van der Waals surface area contributed by atoms with Crippen molar-refractivity contribution in [2.24, 2.45) is 0 Å². The van der Waals surface area contributed by atoms with Crippen molar-refractivity contribution in [3.63, 3.8) is 0 Å². The van der Waals surface area contributed by atoms with E-state index in [9.17, 15) is 9.18 Å². The molecule has 0 radical (unpaired) electrons. The molecule has 0 saturated heterocycles. The second-order valence-corrected chi connectivity index (χ2v) is 3.78. The molecule has 0 aliphatic carbocycles. The SMILES string of the molecule is COC(=O)CCNCCc1cc(F)ccc1OC. The van der Waals surface area contributed by atoms with Gasteiger partial charge in [0.1, 0.15) is 11.6 Å². The molecular weight excluding hydrogens is 237 g/mol. The van der Waals surface area contributed by atoms with Gasteiger partial charge in [-0.05, 0) is 36.7 Å². The molecule has 0 saturated carbocycles. The molecule has 100 valence electrons. The largest absolute Gasteiger partial charge is 0.496 e. The maximum absolute atomic E-state index is 13.1. The molecule has 0 bridgehead atoms. The van der Waals surface area contributed by atoms with E-state index >= 15 is 0 Å². The predicted octanol–water partition coefficient (Wildman–Crippen LogP) is 1.53. The van der Waals surface area contributed by atoms with Crippen LogP contribution < -0.4 is 10.1 Å². The van der Waals surface area contributed by atoms with Crippen LogP contribution in [0.4, 0.5) is 4.39 Å². The van der Waals surface area contributed by atoms with E-state index in [4.69, 9.17) is 4.74 Å². The van der Waals surface area contributed by atoms with Gasteiger partial charge in [0.25, 0.3) is 0 Å². The van der Waals surface area contributed by atoms with Gasteiger partial charge in [-0.1, -0.05) is 0 Å². The lowest BCUT2D eigenvalue weighted by molar-refractivity contribution is -0.140. The molecule has 5 heteroatoms. The number of rotatable bonds is 7. The van der Waals surface area contributed by atoms with Gasteiger partial charge in [-0.2, -0.15) is 0 Å². The first-order chi connectivity index (χ1) is 8.67. The summed E-state index contributed by atoms with van der Waals surface area (Å²) in [5, 5.41) is 3.09. The third-order valence-corrected chi connectivity index (χ3v) is 2.55. The Bertz CT molecular complexity index is 396. The van der Waals surface area contributed by atoms with Gasteiger partial charge in [-0.15, -0.1) is 0 Å². The van der Waals surface area contributed by atoms with Crippen LogP contribution in [0.1, 0.15) is 12.0 Å². The molecular formula is C13H18FNO3. The van der Waals surface area contributed by atoms with Crippen LogP contribution in [-0.4, -0.2) is 33.3 Å². The molecule has 1 aromatic carbocycles. The van der Waals surface area contributed by atoms with Crippen molar-refractivity contribution < 1.29 is 18.7 Å². The molecule has 1 N–H and O–H groups in total. The van der Waals surface area contributed by atoms with E-state index in [2.05, 4.69) is 10.1 Å². The Morgan fingerprint density at radius 3 is 2.78 bits per heavy atom. The molecule has 0 amide bonds. The van der Waals surface area contributed by atoms with Gasteiger partial charge in [0.05, 0.1) is 20.6 Å². The van der Waals surface area contributed by atoms with Crippen LogP contribution in [0.15, 0.2) is 18.2 Å². The number of carbonyl (C=O) groups excluding carboxylic acids is 1. The van der Waals surface area contributed by atoms with Gasteiger partial charge in [-0.3, -0.25) is 4.79 Å². The van der Waals surface area contributed by atoms with Crippen molar-refractivity contribution in [1.82, 2.24) is 5.32 Å². The van der Waals surface area contributed by atoms with Gasteiger partial charge in [-0.25, -0.2) is 4.39 Å². The van der Waals surface area contributed by atoms with Crippen molar-refractivity contribution >= 4 is 5.97 Å². The van der Waals surface area contributed by atoms with Crippen LogP contribution in [0.2, 0.25) is 0 Å². The van der Waals surface area contributed by atoms with Crippen LogP contribution >= 0.6 is 0 Å². The standard InChI is InChI=1S/C13H18FNO3/c1-17-12-4-3-11(14)9-10(12)5-7-15-8-6-13(16)18-2/h3-4,9,15H,5-8H2,1-2H3. The van der Waals surface area contributed by atoms with Gasteiger partial charge in [0, 0.05) is 6.54 Å². The highest BCUT2D eigenvalue weighted by atomic mass is 19.1. The zero-order chi connectivity index (χ0) is 13.4. The van der Waals surface area contributed by atoms with Crippen molar-refractivity contribution in [3.8, 4) is 5.75 Å². The molecule has 1 rings (SSSR count). The minimum atomic E-state index is -0.277. The number of hydrogen-bond acceptors (Lipinski definition) is 4. The second-order valence-electron chi connectivity index (χ2n) is 3.78. The van der Waals surface area contributed by atoms with Crippen molar-refractivity contribution in [2.45, 2.75) is 12.8 Å². The third-order valence-electron chi connectivity index (χ3n) is 2.55. The lowest BCUT2D eigenvalue weighted by Crippen LogP contribution is -2.21. The third kappa shape index (κ3) is 4.71. The summed E-state index contributed by atoms with van der Waals surface area (Å²) in [7, 11) is 2.92. The summed E-state index contributed by atoms with van der Waals surface area (Å²) in [5.41, 5.74) is 0.808. The zero-order valence-corrected chi connectivity index (χ0v) is 10.7. The predicted molar refractivity (Wildman–Crippen MR) is 66.2 cm³/mol. The highest BCUT2D eigenvalue weighted by molar-refractivity contribution is 5.69. The zero-order valence-electron chi connectivity index (χ0n) is 10.7. The van der Waals surface area contributed by atoms with E-state index < -0.39 is 0 Å². The number of nitrogens with one attached hydrogen (secondary N) is 1. The Morgan fingerprint density at radius 1 is 1.33 bits per heavy atom. The minimum absolute atomic E-state index is 0.245. The second kappa shape index (κ2) is 7.66. The topological polar surface area (TPSA) is 47.6 Å². The minimum Gasteiger partial charge on any atom is -0.496 e. The molecule has 0 spiro atoms. The molecule has 4 nitrogen and oxygen atoms in total. The van der Waals surface area contributed by atoms with Crippen LogP contribution in [0.5, 0.6) is 5.75 Å². The normalized spacial score (nSPS) is 10.2. The van der Waals surface area contributed by atoms with Gasteiger partial charge >= 0.3 is 5.97 Å². The first-order valence-electron chi connectivity index (χ1n) is 5.77. The summed E-state index contributed by atoms with van der Waals surface area (Å²) >= 11 is 0. The molecule has 18 heavy (non-hydrogen) atoms. The number of benzene rings is 1. The van der Waals surface area contributed by atoms with Crippen molar-refractivity contribution in [2.75, 3.05) is 27.3 Å². The first-order valence-corrected chi connectivity index (χ1v) is 5.77. The number of halogens is 1. The molecule has 0 unspecified atom stereocenters. The number of hydrogen-bond donors (Lipinski definition) is 1. The lowest BCUT2D eigenvalue weighted by Gasteiger charge is -2.09. The average Bonchev–Trinajstić information content (AvgIpc) is 2.38. The number of carbonyl (C=O) groups is 1. The molecule has 0 heterocycles. The maximum atomic E-state index is 13.1. The van der Waals surface area contributed by atoms with Gasteiger partial charge in [0.2, 0.25) is 0 Å². The quantitative estimate of drug-likeness (QED) is 0.593. The fraction of sp³-hybridized carbons (Fsp3) is 0.462. The van der Waals surface area contributed by atoms with Gasteiger partial charge < -0.3 is 14.8 Å². The highest BCUT2D eigenvalue weighted by Crippen LogP contribution is 2.19. The summed E-state index contributed by atoms with van der Waals surface area (Å²) in [5.74, 6) is 0.150. The fourth-order valence-electron chi connectivity index (χ4n) is 1.58. The summed E-state index contributed by atoms with van der Waals surface area (Å²) < 4.78 is 22.7. The van der Waals surface area contributed by atoms with Gasteiger partial charge in [0.15, 0.2) is 0 Å². The summed E-state index contributed by atoms with van der Waals surface area (Å²) in [6.07, 6.45) is 0.971. The fourth-order valence-corrected chi connectivity index (χ4v) is 1.58. The molecule has 0 fully saturated rings. The molecule has 0 aliphatic heterocycles. The van der Waals surface area contributed by atoms with E-state index in [1.54, 1.807) is 13.2 Å². The molecule has 0 atom stereocenters. The number of ether oxygens (including phenoxy) is 2. The number of esters is 1. The van der Waals surface area contributed by atoms with Crippen LogP contribution in [-0.2, 0) is 16.0 Å². The van der Waals surface area contributed by atoms with Crippen molar-refractivity contribution in [3.05, 3.63) is 29.6 Å². The van der Waals surface area contributed by atoms with Crippen LogP contribution in [0, 0.1) is 5.82 Å². The number of methoxy groups -OCH3 is 2. The summed E-state index contributed by atoms with van der Waals surface area (Å²) in [4.78, 5) is 10.9. The Balaban J connectivity index is 2.34. The monoisotopic (exact) mass is 255 g/mol. The Labute approximate surface area is 106 Å². The Kier molecular flexibility index (Phi) is 6.14. The first kappa shape index (κ1) is 14.4. The Morgan fingerprint density at radius 2 is 2.11 bits per heavy atom. The van der Waals surface area contributed by atoms with E-state index in [-0.39, 0.29) is 11.8 Å². The summed E-state index contributed by atoms with van der Waals surface area (Å²) in [6.45, 7) is 1.20. The van der Waals surface area contributed by atoms with Crippen LogP contribution in [0.25, 0.3) is 0 Å². The highest BCUT2D eigenvalue weighted by Gasteiger charge is 2.04. The van der Waals surface area contributed by atoms with E-state index in [1.165, 1.54) is 19.2 Å². The molecule has 1 aromatic rings. The summed E-state index contributed by atoms with van der Waals surface area (Å²) in [6, 6.07) is 4.44. The maximum Gasteiger partial charge on any atom is 0.306 e. The van der Waals surface area contributed by atoms with Crippen molar-refractivity contribution in [1.29, 1.82) is 0 Å². The lowest BCUT2D eigenvalue weighted by atomic mass is 10.1. The average molecular weight is 255 g/mol. The van der Waals surface area contributed by atoms with E-state index in [0.717, 1.165) is 5.56 Å². The molecule has 0 aliphatic rings. The van der Waals surface area contributed by atoms with E-state index in [1.807, 2.05) is 0 Å². The Hall–Kier alpha value is -1.62. The molecule has 0 aromatic heterocycles. The van der Waals surface area contributed by atoms with E-state index in [0.29, 0.717) is 31.7 Å². The smallest absolute Gasteiger partial charge is 0.306 e.